The summed E-state index contributed by atoms with van der Waals surface area (Å²) in [6.07, 6.45) is 2.03. The quantitative estimate of drug-likeness (QED) is 0.794. The number of hydrogen-bond donors (Lipinski definition) is 1. The molecular weight excluding hydrogens is 292 g/mol. The second kappa shape index (κ2) is 4.72. The third-order valence-electron chi connectivity index (χ3n) is 3.05. The van der Waals surface area contributed by atoms with Gasteiger partial charge in [0, 0.05) is 15.6 Å². The van der Waals surface area contributed by atoms with E-state index in [9.17, 15) is 4.39 Å². The Morgan fingerprint density at radius 3 is 2.83 bits per heavy atom. The molecule has 0 fully saturated rings. The smallest absolute Gasteiger partial charge is 0.126 e. The van der Waals surface area contributed by atoms with Gasteiger partial charge in [0.25, 0.3) is 0 Å². The standard InChI is InChI=1S/C13H10Cl2FNS/c14-7-3-8(16)5-9(4-7)17-11-1-2-12-10(11)6-13(15)18-12/h3-6,11,17H,1-2H2. The molecule has 1 N–H and O–H groups in total. The molecule has 0 radical (unpaired) electrons. The topological polar surface area (TPSA) is 12.0 Å². The maximum absolute atomic E-state index is 13.3. The fourth-order valence-corrected chi connectivity index (χ4v) is 3.90. The van der Waals surface area contributed by atoms with Crippen LogP contribution in [0, 0.1) is 5.82 Å². The van der Waals surface area contributed by atoms with Crippen LogP contribution in [0.4, 0.5) is 10.1 Å². The number of nitrogens with one attached hydrogen (secondary N) is 1. The number of fused-ring (bicyclic) bond motifs is 1. The van der Waals surface area contributed by atoms with E-state index in [4.69, 9.17) is 23.2 Å². The summed E-state index contributed by atoms with van der Waals surface area (Å²) in [5.74, 6) is -0.327. The Morgan fingerprint density at radius 1 is 1.22 bits per heavy atom. The molecule has 0 saturated heterocycles. The van der Waals surface area contributed by atoms with Crippen LogP contribution in [0.1, 0.15) is 22.9 Å². The minimum atomic E-state index is -0.327. The van der Waals surface area contributed by atoms with Crippen LogP contribution in [0.3, 0.4) is 0 Å². The normalized spacial score (nSPS) is 17.8. The predicted octanol–water partition coefficient (Wildman–Crippen LogP) is 5.29. The highest BCUT2D eigenvalue weighted by Crippen LogP contribution is 2.41. The van der Waals surface area contributed by atoms with Gasteiger partial charge in [0.1, 0.15) is 5.82 Å². The summed E-state index contributed by atoms with van der Waals surface area (Å²) in [4.78, 5) is 1.32. The number of halogens is 3. The summed E-state index contributed by atoms with van der Waals surface area (Å²) in [6.45, 7) is 0. The number of thiophene rings is 1. The molecule has 94 valence electrons. The van der Waals surface area contributed by atoms with E-state index in [-0.39, 0.29) is 11.9 Å². The Bertz CT molecular complexity index is 576. The van der Waals surface area contributed by atoms with Gasteiger partial charge in [-0.25, -0.2) is 4.39 Å². The minimum absolute atomic E-state index is 0.196. The maximum atomic E-state index is 13.3. The molecule has 1 heterocycles. The summed E-state index contributed by atoms with van der Waals surface area (Å²) >= 11 is 13.5. The van der Waals surface area contributed by atoms with Crippen LogP contribution >= 0.6 is 34.5 Å². The number of rotatable bonds is 2. The highest BCUT2D eigenvalue weighted by Gasteiger charge is 2.25. The molecule has 0 bridgehead atoms. The molecular formula is C13H10Cl2FNS. The van der Waals surface area contributed by atoms with Crippen molar-refractivity contribution in [2.24, 2.45) is 0 Å². The van der Waals surface area contributed by atoms with Crippen molar-refractivity contribution in [1.29, 1.82) is 0 Å². The number of aryl methyl sites for hydroxylation is 1. The number of hydrogen-bond acceptors (Lipinski definition) is 2. The fraction of sp³-hybridized carbons (Fsp3) is 0.231. The van der Waals surface area contributed by atoms with Crippen LogP contribution < -0.4 is 5.32 Å². The molecule has 5 heteroatoms. The first-order valence-corrected chi connectivity index (χ1v) is 7.20. The maximum Gasteiger partial charge on any atom is 0.126 e. The van der Waals surface area contributed by atoms with Gasteiger partial charge in [-0.15, -0.1) is 11.3 Å². The van der Waals surface area contributed by atoms with Gasteiger partial charge in [0.2, 0.25) is 0 Å². The first kappa shape index (κ1) is 12.3. The SMILES string of the molecule is Fc1cc(Cl)cc(NC2CCc3sc(Cl)cc32)c1. The lowest BCUT2D eigenvalue weighted by atomic mass is 10.1. The van der Waals surface area contributed by atoms with Gasteiger partial charge < -0.3 is 5.32 Å². The Labute approximate surface area is 119 Å². The summed E-state index contributed by atoms with van der Waals surface area (Å²) in [7, 11) is 0. The van der Waals surface area contributed by atoms with E-state index in [1.165, 1.54) is 22.6 Å². The van der Waals surface area contributed by atoms with Gasteiger partial charge >= 0.3 is 0 Å². The van der Waals surface area contributed by atoms with Crippen molar-refractivity contribution < 1.29 is 4.39 Å². The molecule has 1 aromatic carbocycles. The van der Waals surface area contributed by atoms with Crippen molar-refractivity contribution in [3.63, 3.8) is 0 Å². The average Bonchev–Trinajstić information content (AvgIpc) is 2.78. The van der Waals surface area contributed by atoms with Crippen molar-refractivity contribution in [3.8, 4) is 0 Å². The first-order chi connectivity index (χ1) is 8.61. The van der Waals surface area contributed by atoms with Crippen LogP contribution in [0.5, 0.6) is 0 Å². The van der Waals surface area contributed by atoms with Crippen LogP contribution in [-0.2, 0) is 6.42 Å². The Hall–Kier alpha value is -0.770. The third kappa shape index (κ3) is 2.35. The summed E-state index contributed by atoms with van der Waals surface area (Å²) in [5, 5.41) is 3.72. The zero-order chi connectivity index (χ0) is 12.7. The molecule has 0 aliphatic heterocycles. The molecule has 1 aliphatic rings. The Balaban J connectivity index is 1.85. The van der Waals surface area contributed by atoms with Gasteiger partial charge in [0.15, 0.2) is 0 Å². The predicted molar refractivity (Wildman–Crippen MR) is 75.4 cm³/mol. The van der Waals surface area contributed by atoms with Crippen molar-refractivity contribution in [3.05, 3.63) is 49.9 Å². The molecule has 2 aromatic rings. The number of benzene rings is 1. The molecule has 1 unspecified atom stereocenters. The first-order valence-electron chi connectivity index (χ1n) is 5.62. The van der Waals surface area contributed by atoms with E-state index < -0.39 is 0 Å². The van der Waals surface area contributed by atoms with Gasteiger partial charge in [-0.3, -0.25) is 0 Å². The summed E-state index contributed by atoms with van der Waals surface area (Å²) in [5.41, 5.74) is 1.94. The molecule has 18 heavy (non-hydrogen) atoms. The van der Waals surface area contributed by atoms with Crippen LogP contribution in [0.25, 0.3) is 0 Å². The molecule has 1 aliphatic carbocycles. The lowest BCUT2D eigenvalue weighted by molar-refractivity contribution is 0.627. The van der Waals surface area contributed by atoms with E-state index >= 15 is 0 Å². The molecule has 0 saturated carbocycles. The van der Waals surface area contributed by atoms with E-state index in [0.717, 1.165) is 17.2 Å². The van der Waals surface area contributed by atoms with Crippen LogP contribution in [0.15, 0.2) is 24.3 Å². The zero-order valence-corrected chi connectivity index (χ0v) is 11.7. The van der Waals surface area contributed by atoms with Crippen LogP contribution in [0.2, 0.25) is 9.36 Å². The second-order valence-corrected chi connectivity index (χ2v) is 6.53. The van der Waals surface area contributed by atoms with Crippen molar-refractivity contribution >= 4 is 40.2 Å². The molecule has 1 atom stereocenters. The van der Waals surface area contributed by atoms with Crippen molar-refractivity contribution in [1.82, 2.24) is 0 Å². The molecule has 1 aromatic heterocycles. The van der Waals surface area contributed by atoms with E-state index in [1.807, 2.05) is 6.07 Å². The van der Waals surface area contributed by atoms with Crippen molar-refractivity contribution in [2.75, 3.05) is 5.32 Å². The highest BCUT2D eigenvalue weighted by atomic mass is 35.5. The lowest BCUT2D eigenvalue weighted by Crippen LogP contribution is -2.06. The van der Waals surface area contributed by atoms with E-state index in [2.05, 4.69) is 5.32 Å². The number of anilines is 1. The third-order valence-corrected chi connectivity index (χ3v) is 4.61. The molecule has 1 nitrogen and oxygen atoms in total. The van der Waals surface area contributed by atoms with Crippen molar-refractivity contribution in [2.45, 2.75) is 18.9 Å². The van der Waals surface area contributed by atoms with Gasteiger partial charge in [0.05, 0.1) is 10.4 Å². The molecule has 0 amide bonds. The highest BCUT2D eigenvalue weighted by molar-refractivity contribution is 7.16. The summed E-state index contributed by atoms with van der Waals surface area (Å²) < 4.78 is 14.1. The minimum Gasteiger partial charge on any atom is -0.378 e. The second-order valence-electron chi connectivity index (χ2n) is 4.32. The van der Waals surface area contributed by atoms with Gasteiger partial charge in [-0.2, -0.15) is 0 Å². The lowest BCUT2D eigenvalue weighted by Gasteiger charge is -2.14. The van der Waals surface area contributed by atoms with Crippen LogP contribution in [-0.4, -0.2) is 0 Å². The van der Waals surface area contributed by atoms with E-state index in [1.54, 1.807) is 17.4 Å². The zero-order valence-electron chi connectivity index (χ0n) is 9.34. The van der Waals surface area contributed by atoms with Gasteiger partial charge in [-0.1, -0.05) is 23.2 Å². The monoisotopic (exact) mass is 301 g/mol. The Morgan fingerprint density at radius 2 is 2.06 bits per heavy atom. The van der Waals surface area contributed by atoms with E-state index in [0.29, 0.717) is 10.7 Å². The molecule has 0 spiro atoms. The average molecular weight is 302 g/mol. The largest absolute Gasteiger partial charge is 0.378 e. The summed E-state index contributed by atoms with van der Waals surface area (Å²) in [6, 6.07) is 6.68. The van der Waals surface area contributed by atoms with Gasteiger partial charge in [-0.05, 0) is 42.7 Å². The fourth-order valence-electron chi connectivity index (χ4n) is 2.32. The Kier molecular flexibility index (Phi) is 3.22. The molecule has 3 rings (SSSR count).